The van der Waals surface area contributed by atoms with E-state index in [4.69, 9.17) is 9.72 Å². The fourth-order valence-corrected chi connectivity index (χ4v) is 4.94. The number of benzene rings is 3. The highest BCUT2D eigenvalue weighted by Crippen LogP contribution is 2.44. The monoisotopic (exact) mass is 447 g/mol. The first-order valence-electron chi connectivity index (χ1n) is 10.2. The molecule has 1 N–H and O–H groups in total. The summed E-state index contributed by atoms with van der Waals surface area (Å²) in [5, 5.41) is 14.0. The van der Waals surface area contributed by atoms with Gasteiger partial charge in [-0.3, -0.25) is 4.98 Å². The Bertz CT molecular complexity index is 1250. The maximum Gasteiger partial charge on any atom is 0.172 e. The smallest absolute Gasteiger partial charge is 0.172 e. The molecule has 0 aliphatic heterocycles. The second-order valence-corrected chi connectivity index (χ2v) is 8.39. The zero-order valence-electron chi connectivity index (χ0n) is 16.3. The molecule has 3 nitrogen and oxygen atoms in total. The van der Waals surface area contributed by atoms with Crippen molar-refractivity contribution < 1.29 is 9.84 Å². The molecule has 0 fully saturated rings. The highest BCUT2D eigenvalue weighted by Gasteiger charge is 2.22. The van der Waals surface area contributed by atoms with Crippen LogP contribution in [-0.2, 0) is 12.8 Å². The number of pyridine rings is 1. The minimum Gasteiger partial charge on any atom is -0.503 e. The third kappa shape index (κ3) is 3.06. The van der Waals surface area contributed by atoms with E-state index in [0.29, 0.717) is 16.8 Å². The van der Waals surface area contributed by atoms with E-state index < -0.39 is 0 Å². The van der Waals surface area contributed by atoms with E-state index in [1.165, 1.54) is 45.8 Å². The molecular weight excluding hydrogens is 426 g/mol. The zero-order chi connectivity index (χ0) is 20.0. The number of hydrogen-bond acceptors (Lipinski definition) is 3. The summed E-state index contributed by atoms with van der Waals surface area (Å²) in [4.78, 5) is 5.06. The topological polar surface area (TPSA) is 42.4 Å². The highest BCUT2D eigenvalue weighted by molar-refractivity contribution is 9.10. The number of aromatic nitrogens is 1. The molecule has 29 heavy (non-hydrogen) atoms. The Morgan fingerprint density at radius 1 is 1.07 bits per heavy atom. The van der Waals surface area contributed by atoms with Crippen molar-refractivity contribution in [1.82, 2.24) is 4.98 Å². The summed E-state index contributed by atoms with van der Waals surface area (Å²) in [6.07, 6.45) is 4.40. The van der Waals surface area contributed by atoms with Crippen molar-refractivity contribution in [2.24, 2.45) is 0 Å². The van der Waals surface area contributed by atoms with E-state index in [-0.39, 0.29) is 5.75 Å². The number of phenolic OH excluding ortho intramolecular Hbond substituents is 1. The Morgan fingerprint density at radius 3 is 2.76 bits per heavy atom. The minimum atomic E-state index is 0.146. The number of nitrogens with zero attached hydrogens (tertiary/aromatic N) is 1. The number of ether oxygens (including phenoxy) is 1. The third-order valence-electron chi connectivity index (χ3n) is 5.77. The van der Waals surface area contributed by atoms with Crippen molar-refractivity contribution in [3.8, 4) is 22.6 Å². The molecule has 4 heteroatoms. The molecule has 0 saturated heterocycles. The van der Waals surface area contributed by atoms with Gasteiger partial charge in [0, 0.05) is 11.1 Å². The van der Waals surface area contributed by atoms with Crippen LogP contribution in [0.3, 0.4) is 0 Å². The van der Waals surface area contributed by atoms with Crippen molar-refractivity contribution >= 4 is 37.6 Å². The van der Waals surface area contributed by atoms with Gasteiger partial charge in [-0.15, -0.1) is 0 Å². The van der Waals surface area contributed by atoms with Gasteiger partial charge >= 0.3 is 0 Å². The number of halogens is 1. The number of rotatable bonds is 3. The number of phenols is 1. The second kappa shape index (κ2) is 7.34. The number of aromatic hydroxyl groups is 1. The molecule has 0 spiro atoms. The first-order chi connectivity index (χ1) is 14.2. The van der Waals surface area contributed by atoms with Gasteiger partial charge in [0.2, 0.25) is 0 Å². The Kier molecular flexibility index (Phi) is 4.67. The van der Waals surface area contributed by atoms with Gasteiger partial charge < -0.3 is 9.84 Å². The summed E-state index contributed by atoms with van der Waals surface area (Å²) in [6.45, 7) is 2.43. The molecule has 4 aromatic rings. The summed E-state index contributed by atoms with van der Waals surface area (Å²) >= 11 is 3.53. The molecule has 146 valence electrons. The summed E-state index contributed by atoms with van der Waals surface area (Å²) in [6, 6.07) is 16.7. The quantitative estimate of drug-likeness (QED) is 0.351. The van der Waals surface area contributed by atoms with Crippen molar-refractivity contribution in [3.63, 3.8) is 0 Å². The van der Waals surface area contributed by atoms with E-state index in [2.05, 4.69) is 52.3 Å². The van der Waals surface area contributed by atoms with Crippen molar-refractivity contribution in [2.75, 3.05) is 6.61 Å². The van der Waals surface area contributed by atoms with Gasteiger partial charge in [-0.1, -0.05) is 30.3 Å². The minimum absolute atomic E-state index is 0.146. The molecule has 1 aliphatic rings. The fourth-order valence-electron chi connectivity index (χ4n) is 4.50. The van der Waals surface area contributed by atoms with Gasteiger partial charge in [-0.05, 0) is 94.2 Å². The van der Waals surface area contributed by atoms with Crippen LogP contribution in [0.5, 0.6) is 11.5 Å². The average molecular weight is 448 g/mol. The van der Waals surface area contributed by atoms with Crippen molar-refractivity contribution in [1.29, 1.82) is 0 Å². The second-order valence-electron chi connectivity index (χ2n) is 7.54. The van der Waals surface area contributed by atoms with E-state index in [9.17, 15) is 5.11 Å². The lowest BCUT2D eigenvalue weighted by Crippen LogP contribution is -2.08. The fraction of sp³-hybridized carbons (Fsp3) is 0.240. The SMILES string of the molecule is CCOc1cc(-c2c3c(nc4ccc5ccccc5c24)CCCC3)cc(Br)c1O. The molecule has 0 saturated carbocycles. The van der Waals surface area contributed by atoms with Crippen LogP contribution in [0.1, 0.15) is 31.0 Å². The van der Waals surface area contributed by atoms with Crippen LogP contribution in [0.4, 0.5) is 0 Å². The summed E-state index contributed by atoms with van der Waals surface area (Å²) in [5.74, 6) is 0.652. The number of aryl methyl sites for hydroxylation is 1. The Balaban J connectivity index is 1.93. The molecule has 5 rings (SSSR count). The number of hydrogen-bond donors (Lipinski definition) is 1. The molecule has 3 aromatic carbocycles. The first kappa shape index (κ1) is 18.4. The lowest BCUT2D eigenvalue weighted by atomic mass is 9.85. The Morgan fingerprint density at radius 2 is 1.90 bits per heavy atom. The van der Waals surface area contributed by atoms with E-state index in [0.717, 1.165) is 23.9 Å². The molecule has 0 atom stereocenters. The lowest BCUT2D eigenvalue weighted by molar-refractivity contribution is 0.317. The van der Waals surface area contributed by atoms with E-state index >= 15 is 0 Å². The normalized spacial score (nSPS) is 13.6. The van der Waals surface area contributed by atoms with Crippen LogP contribution in [0, 0.1) is 0 Å². The van der Waals surface area contributed by atoms with E-state index in [1.807, 2.05) is 19.1 Å². The molecule has 1 heterocycles. The third-order valence-corrected chi connectivity index (χ3v) is 6.37. The predicted octanol–water partition coefficient (Wildman–Crippen LogP) is 6.80. The van der Waals surface area contributed by atoms with Gasteiger partial charge in [-0.2, -0.15) is 0 Å². The summed E-state index contributed by atoms with van der Waals surface area (Å²) < 4.78 is 6.37. The maximum atomic E-state index is 10.4. The average Bonchev–Trinajstić information content (AvgIpc) is 2.75. The summed E-state index contributed by atoms with van der Waals surface area (Å²) in [5.41, 5.74) is 5.85. The maximum absolute atomic E-state index is 10.4. The van der Waals surface area contributed by atoms with Crippen LogP contribution in [0.15, 0.2) is 53.0 Å². The van der Waals surface area contributed by atoms with E-state index in [1.54, 1.807) is 0 Å². The van der Waals surface area contributed by atoms with Gasteiger partial charge in [0.15, 0.2) is 11.5 Å². The first-order valence-corrected chi connectivity index (χ1v) is 11.0. The van der Waals surface area contributed by atoms with Crippen LogP contribution in [0.2, 0.25) is 0 Å². The van der Waals surface area contributed by atoms with Crippen LogP contribution in [0.25, 0.3) is 32.8 Å². The lowest BCUT2D eigenvalue weighted by Gasteiger charge is -2.22. The van der Waals surface area contributed by atoms with Gasteiger partial charge in [0.1, 0.15) is 0 Å². The molecule has 1 aliphatic carbocycles. The Labute approximate surface area is 178 Å². The standard InChI is InChI=1S/C25H22BrNO2/c1-2-29-22-14-16(13-19(26)25(22)28)23-18-9-5-6-10-20(18)27-21-12-11-15-7-3-4-8-17(15)24(21)23/h3-4,7-8,11-14,28H,2,5-6,9-10H2,1H3. The van der Waals surface area contributed by atoms with Crippen LogP contribution in [-0.4, -0.2) is 16.7 Å². The van der Waals surface area contributed by atoms with Gasteiger partial charge in [0.05, 0.1) is 16.6 Å². The highest BCUT2D eigenvalue weighted by atomic mass is 79.9. The van der Waals surface area contributed by atoms with Crippen molar-refractivity contribution in [2.45, 2.75) is 32.6 Å². The molecule has 0 radical (unpaired) electrons. The molecule has 0 unspecified atom stereocenters. The van der Waals surface area contributed by atoms with Crippen molar-refractivity contribution in [3.05, 3.63) is 64.3 Å². The largest absolute Gasteiger partial charge is 0.503 e. The zero-order valence-corrected chi connectivity index (χ0v) is 17.9. The van der Waals surface area contributed by atoms with Gasteiger partial charge in [-0.25, -0.2) is 0 Å². The predicted molar refractivity (Wildman–Crippen MR) is 122 cm³/mol. The Hall–Kier alpha value is -2.59. The molecular formula is C25H22BrNO2. The van der Waals surface area contributed by atoms with Crippen LogP contribution >= 0.6 is 15.9 Å². The summed E-state index contributed by atoms with van der Waals surface area (Å²) in [7, 11) is 0. The van der Waals surface area contributed by atoms with Crippen LogP contribution < -0.4 is 4.74 Å². The molecule has 0 amide bonds. The number of fused-ring (bicyclic) bond motifs is 4. The molecule has 1 aromatic heterocycles. The van der Waals surface area contributed by atoms with Gasteiger partial charge in [0.25, 0.3) is 0 Å². The molecule has 0 bridgehead atoms.